The number of carbonyl (C=O) groups is 1. The number of amides is 1. The number of carbonyl (C=O) groups excluding carboxylic acids is 1. The largest absolute Gasteiger partial charge is 0.339 e. The quantitative estimate of drug-likeness (QED) is 0.615. The molecule has 1 aromatic heterocycles. The van der Waals surface area contributed by atoms with Gasteiger partial charge in [-0.15, -0.1) is 0 Å². The van der Waals surface area contributed by atoms with E-state index in [-0.39, 0.29) is 5.91 Å². The molecule has 2 aromatic carbocycles. The first-order valence-electron chi connectivity index (χ1n) is 8.61. The fourth-order valence-electron chi connectivity index (χ4n) is 2.68. The van der Waals surface area contributed by atoms with Crippen molar-refractivity contribution < 1.29 is 9.32 Å². The Bertz CT molecular complexity index is 864. The zero-order chi connectivity index (χ0) is 18.4. The number of halogens is 1. The summed E-state index contributed by atoms with van der Waals surface area (Å²) >= 11 is 6.16. The number of benzene rings is 2. The van der Waals surface area contributed by atoms with Crippen molar-refractivity contribution in [2.75, 3.05) is 13.1 Å². The van der Waals surface area contributed by atoms with Gasteiger partial charge >= 0.3 is 0 Å². The fourth-order valence-corrected chi connectivity index (χ4v) is 2.90. The lowest BCUT2D eigenvalue weighted by molar-refractivity contribution is 0.0754. The number of rotatable bonds is 7. The van der Waals surface area contributed by atoms with Crippen LogP contribution in [-0.4, -0.2) is 34.0 Å². The third kappa shape index (κ3) is 4.29. The molecular weight excluding hydrogens is 350 g/mol. The first kappa shape index (κ1) is 18.1. The maximum atomic E-state index is 12.8. The third-order valence-electron chi connectivity index (χ3n) is 3.98. The summed E-state index contributed by atoms with van der Waals surface area (Å²) in [6.45, 7) is 3.17. The lowest BCUT2D eigenvalue weighted by atomic mass is 10.2. The second-order valence-electron chi connectivity index (χ2n) is 5.90. The molecule has 6 heteroatoms. The van der Waals surface area contributed by atoms with Gasteiger partial charge in [0.15, 0.2) is 0 Å². The Morgan fingerprint density at radius 1 is 1.08 bits per heavy atom. The van der Waals surface area contributed by atoms with Crippen LogP contribution >= 0.6 is 11.6 Å². The summed E-state index contributed by atoms with van der Waals surface area (Å²) < 4.78 is 5.33. The van der Waals surface area contributed by atoms with Crippen LogP contribution in [-0.2, 0) is 6.42 Å². The van der Waals surface area contributed by atoms with E-state index in [1.54, 1.807) is 17.0 Å². The summed E-state index contributed by atoms with van der Waals surface area (Å²) in [4.78, 5) is 19.0. The van der Waals surface area contributed by atoms with E-state index in [1.165, 1.54) is 0 Å². The minimum absolute atomic E-state index is 0.0831. The Labute approximate surface area is 157 Å². The van der Waals surface area contributed by atoms with Crippen LogP contribution in [0.1, 0.15) is 29.6 Å². The minimum atomic E-state index is -0.0831. The number of nitrogens with zero attached hydrogens (tertiary/aromatic N) is 3. The highest BCUT2D eigenvalue weighted by molar-refractivity contribution is 6.33. The van der Waals surface area contributed by atoms with Crippen LogP contribution in [0.3, 0.4) is 0 Å². The van der Waals surface area contributed by atoms with E-state index >= 15 is 0 Å². The van der Waals surface area contributed by atoms with Gasteiger partial charge in [-0.1, -0.05) is 66.1 Å². The van der Waals surface area contributed by atoms with Crippen LogP contribution in [0.4, 0.5) is 0 Å². The summed E-state index contributed by atoms with van der Waals surface area (Å²) in [5.74, 6) is 0.984. The first-order valence-corrected chi connectivity index (χ1v) is 8.98. The first-order chi connectivity index (χ1) is 12.7. The topological polar surface area (TPSA) is 59.2 Å². The molecule has 0 atom stereocenters. The monoisotopic (exact) mass is 369 g/mol. The zero-order valence-corrected chi connectivity index (χ0v) is 15.3. The SMILES string of the molecule is CCCN(CCc1nc(-c2ccccc2)no1)C(=O)c1ccccc1Cl. The Morgan fingerprint density at radius 3 is 2.54 bits per heavy atom. The molecule has 0 saturated heterocycles. The van der Waals surface area contributed by atoms with Crippen LogP contribution in [0.5, 0.6) is 0 Å². The molecule has 0 aliphatic heterocycles. The van der Waals surface area contributed by atoms with Crippen LogP contribution in [0.2, 0.25) is 5.02 Å². The molecule has 5 nitrogen and oxygen atoms in total. The van der Waals surface area contributed by atoms with E-state index < -0.39 is 0 Å². The van der Waals surface area contributed by atoms with Crippen LogP contribution in [0, 0.1) is 0 Å². The number of hydrogen-bond donors (Lipinski definition) is 0. The Balaban J connectivity index is 1.69. The van der Waals surface area contributed by atoms with Gasteiger partial charge in [0.25, 0.3) is 5.91 Å². The molecule has 1 heterocycles. The van der Waals surface area contributed by atoms with Crippen molar-refractivity contribution in [2.24, 2.45) is 0 Å². The second-order valence-corrected chi connectivity index (χ2v) is 6.31. The molecule has 0 spiro atoms. The maximum Gasteiger partial charge on any atom is 0.255 e. The van der Waals surface area contributed by atoms with Gasteiger partial charge in [-0.2, -0.15) is 4.98 Å². The molecule has 0 radical (unpaired) electrons. The van der Waals surface area contributed by atoms with Gasteiger partial charge in [-0.3, -0.25) is 4.79 Å². The zero-order valence-electron chi connectivity index (χ0n) is 14.6. The van der Waals surface area contributed by atoms with Crippen molar-refractivity contribution in [1.82, 2.24) is 15.0 Å². The predicted octanol–water partition coefficient (Wildman–Crippen LogP) is 4.48. The van der Waals surface area contributed by atoms with Gasteiger partial charge in [0, 0.05) is 25.1 Å². The van der Waals surface area contributed by atoms with E-state index in [2.05, 4.69) is 10.1 Å². The number of hydrogen-bond acceptors (Lipinski definition) is 4. The van der Waals surface area contributed by atoms with Crippen LogP contribution in [0.15, 0.2) is 59.1 Å². The molecule has 0 unspecified atom stereocenters. The lowest BCUT2D eigenvalue weighted by Crippen LogP contribution is -2.33. The average Bonchev–Trinajstić information content (AvgIpc) is 3.15. The summed E-state index contributed by atoms with van der Waals surface area (Å²) in [5, 5.41) is 4.48. The standard InChI is InChI=1S/C20H20ClN3O2/c1-2-13-24(20(25)16-10-6-7-11-17(16)21)14-12-18-22-19(23-26-18)15-8-4-3-5-9-15/h3-11H,2,12-14H2,1H3. The van der Waals surface area contributed by atoms with Crippen molar-refractivity contribution in [2.45, 2.75) is 19.8 Å². The highest BCUT2D eigenvalue weighted by atomic mass is 35.5. The van der Waals surface area contributed by atoms with Crippen molar-refractivity contribution in [3.05, 3.63) is 71.1 Å². The van der Waals surface area contributed by atoms with E-state index in [4.69, 9.17) is 16.1 Å². The molecule has 3 aromatic rings. The molecule has 0 N–H and O–H groups in total. The van der Waals surface area contributed by atoms with Crippen molar-refractivity contribution >= 4 is 17.5 Å². The average molecular weight is 370 g/mol. The lowest BCUT2D eigenvalue weighted by Gasteiger charge is -2.22. The van der Waals surface area contributed by atoms with Gasteiger partial charge in [0.05, 0.1) is 10.6 Å². The Kier molecular flexibility index (Phi) is 6.02. The van der Waals surface area contributed by atoms with Crippen LogP contribution < -0.4 is 0 Å². The van der Waals surface area contributed by atoms with Gasteiger partial charge in [-0.25, -0.2) is 0 Å². The summed E-state index contributed by atoms with van der Waals surface area (Å²) in [6.07, 6.45) is 1.35. The molecule has 3 rings (SSSR count). The van der Waals surface area contributed by atoms with Gasteiger partial charge in [-0.05, 0) is 18.6 Å². The molecule has 0 fully saturated rings. The molecule has 134 valence electrons. The van der Waals surface area contributed by atoms with Crippen molar-refractivity contribution in [3.8, 4) is 11.4 Å². The van der Waals surface area contributed by atoms with E-state index in [0.717, 1.165) is 12.0 Å². The maximum absolute atomic E-state index is 12.8. The highest BCUT2D eigenvalue weighted by Gasteiger charge is 2.18. The molecule has 1 amide bonds. The molecule has 0 aliphatic carbocycles. The number of aromatic nitrogens is 2. The smallest absolute Gasteiger partial charge is 0.255 e. The summed E-state index contributed by atoms with van der Waals surface area (Å²) in [6, 6.07) is 16.7. The summed E-state index contributed by atoms with van der Waals surface area (Å²) in [7, 11) is 0. The van der Waals surface area contributed by atoms with Gasteiger partial charge in [0.1, 0.15) is 0 Å². The van der Waals surface area contributed by atoms with E-state index in [0.29, 0.717) is 41.8 Å². The van der Waals surface area contributed by atoms with Gasteiger partial charge < -0.3 is 9.42 Å². The van der Waals surface area contributed by atoms with Gasteiger partial charge in [0.2, 0.25) is 11.7 Å². The normalized spacial score (nSPS) is 10.7. The predicted molar refractivity (Wildman–Crippen MR) is 101 cm³/mol. The van der Waals surface area contributed by atoms with E-state index in [1.807, 2.05) is 49.4 Å². The van der Waals surface area contributed by atoms with Crippen molar-refractivity contribution in [3.63, 3.8) is 0 Å². The summed E-state index contributed by atoms with van der Waals surface area (Å²) in [5.41, 5.74) is 1.41. The Morgan fingerprint density at radius 2 is 1.81 bits per heavy atom. The van der Waals surface area contributed by atoms with E-state index in [9.17, 15) is 4.79 Å². The second kappa shape index (κ2) is 8.63. The molecule has 0 bridgehead atoms. The third-order valence-corrected chi connectivity index (χ3v) is 4.31. The van der Waals surface area contributed by atoms with Crippen LogP contribution in [0.25, 0.3) is 11.4 Å². The highest BCUT2D eigenvalue weighted by Crippen LogP contribution is 2.18. The Hall–Kier alpha value is -2.66. The molecule has 26 heavy (non-hydrogen) atoms. The minimum Gasteiger partial charge on any atom is -0.339 e. The van der Waals surface area contributed by atoms with Crippen molar-refractivity contribution in [1.29, 1.82) is 0 Å². The molecule has 0 saturated carbocycles. The molecular formula is C20H20ClN3O2. The molecule has 0 aliphatic rings. The fraction of sp³-hybridized carbons (Fsp3) is 0.250.